The van der Waals surface area contributed by atoms with E-state index in [4.69, 9.17) is 4.42 Å². The fraction of sp³-hybridized carbons (Fsp3) is 0.0952. The Morgan fingerprint density at radius 3 is 2.57 bits per heavy atom. The molecule has 7 nitrogen and oxygen atoms in total. The van der Waals surface area contributed by atoms with Crippen molar-refractivity contribution >= 4 is 17.1 Å². The Bertz CT molecular complexity index is 1260. The van der Waals surface area contributed by atoms with Gasteiger partial charge in [0.2, 0.25) is 5.89 Å². The van der Waals surface area contributed by atoms with E-state index in [2.05, 4.69) is 9.97 Å². The molecule has 0 saturated heterocycles. The van der Waals surface area contributed by atoms with Crippen LogP contribution in [0.5, 0.6) is 5.75 Å². The van der Waals surface area contributed by atoms with Crippen molar-refractivity contribution in [3.05, 3.63) is 70.0 Å². The van der Waals surface area contributed by atoms with Gasteiger partial charge in [-0.1, -0.05) is 31.2 Å². The number of carboxylic acid groups (broad SMARTS) is 1. The largest absolute Gasteiger partial charge is 0.506 e. The molecule has 0 radical (unpaired) electrons. The summed E-state index contributed by atoms with van der Waals surface area (Å²) < 4.78 is 5.85. The van der Waals surface area contributed by atoms with E-state index in [9.17, 15) is 19.8 Å². The summed E-state index contributed by atoms with van der Waals surface area (Å²) >= 11 is 0. The van der Waals surface area contributed by atoms with Gasteiger partial charge < -0.3 is 19.6 Å². The molecule has 7 heteroatoms. The fourth-order valence-electron chi connectivity index (χ4n) is 3.20. The van der Waals surface area contributed by atoms with Gasteiger partial charge in [0, 0.05) is 16.7 Å². The standard InChI is InChI=1S/C21H16N2O5/c1-2-13-17(23-19(25)16(18(13)24)21(26)27)12-8-9-14-15(10-12)28-20(22-14)11-6-4-3-5-7-11/h3-10H,2H2,1H3,(H,26,27)(H2,23,24,25). The number of nitrogens with zero attached hydrogens (tertiary/aromatic N) is 1. The molecule has 0 spiro atoms. The van der Waals surface area contributed by atoms with Crippen LogP contribution in [0, 0.1) is 0 Å². The van der Waals surface area contributed by atoms with Gasteiger partial charge in [-0.25, -0.2) is 9.78 Å². The summed E-state index contributed by atoms with van der Waals surface area (Å²) in [7, 11) is 0. The highest BCUT2D eigenvalue weighted by molar-refractivity contribution is 5.92. The Labute approximate surface area is 158 Å². The monoisotopic (exact) mass is 376 g/mol. The highest BCUT2D eigenvalue weighted by Gasteiger charge is 2.22. The summed E-state index contributed by atoms with van der Waals surface area (Å²) in [6.45, 7) is 1.77. The summed E-state index contributed by atoms with van der Waals surface area (Å²) in [6, 6.07) is 14.7. The zero-order valence-electron chi connectivity index (χ0n) is 14.9. The summed E-state index contributed by atoms with van der Waals surface area (Å²) in [5, 5.41) is 19.5. The van der Waals surface area contributed by atoms with E-state index < -0.39 is 22.8 Å². The number of aromatic nitrogens is 2. The van der Waals surface area contributed by atoms with Crippen LogP contribution in [-0.2, 0) is 6.42 Å². The molecule has 0 bridgehead atoms. The molecule has 140 valence electrons. The van der Waals surface area contributed by atoms with Gasteiger partial charge in [0.1, 0.15) is 11.3 Å². The average molecular weight is 376 g/mol. The van der Waals surface area contributed by atoms with Gasteiger partial charge in [0.05, 0.1) is 5.69 Å². The van der Waals surface area contributed by atoms with E-state index in [1.807, 2.05) is 30.3 Å². The first-order valence-corrected chi connectivity index (χ1v) is 8.67. The molecule has 3 N–H and O–H groups in total. The molecule has 28 heavy (non-hydrogen) atoms. The van der Waals surface area contributed by atoms with Crippen LogP contribution in [0.25, 0.3) is 33.8 Å². The number of carboxylic acids is 1. The van der Waals surface area contributed by atoms with E-state index in [0.717, 1.165) is 5.56 Å². The Morgan fingerprint density at radius 1 is 1.14 bits per heavy atom. The van der Waals surface area contributed by atoms with Gasteiger partial charge in [-0.3, -0.25) is 4.79 Å². The third kappa shape index (κ3) is 2.83. The average Bonchev–Trinajstić information content (AvgIpc) is 3.11. The van der Waals surface area contributed by atoms with Crippen molar-refractivity contribution in [1.29, 1.82) is 0 Å². The van der Waals surface area contributed by atoms with Gasteiger partial charge in [-0.15, -0.1) is 0 Å². The summed E-state index contributed by atoms with van der Waals surface area (Å²) in [5.74, 6) is -1.52. The molecular weight excluding hydrogens is 360 g/mol. The van der Waals surface area contributed by atoms with Gasteiger partial charge in [-0.2, -0.15) is 0 Å². The molecule has 2 heterocycles. The third-order valence-corrected chi connectivity index (χ3v) is 4.56. The van der Waals surface area contributed by atoms with Crippen molar-refractivity contribution in [1.82, 2.24) is 9.97 Å². The van der Waals surface area contributed by atoms with Gasteiger partial charge in [0.15, 0.2) is 11.1 Å². The number of fused-ring (bicyclic) bond motifs is 1. The fourth-order valence-corrected chi connectivity index (χ4v) is 3.20. The molecule has 0 atom stereocenters. The van der Waals surface area contributed by atoms with Crippen LogP contribution >= 0.6 is 0 Å². The summed E-state index contributed by atoms with van der Waals surface area (Å²) in [5.41, 5.74) is 1.77. The quantitative estimate of drug-likeness (QED) is 0.499. The highest BCUT2D eigenvalue weighted by atomic mass is 16.4. The van der Waals surface area contributed by atoms with Crippen molar-refractivity contribution in [2.24, 2.45) is 0 Å². The van der Waals surface area contributed by atoms with E-state index in [1.54, 1.807) is 25.1 Å². The molecular formula is C21H16N2O5. The molecule has 0 aliphatic carbocycles. The van der Waals surface area contributed by atoms with Crippen molar-refractivity contribution < 1.29 is 19.4 Å². The van der Waals surface area contributed by atoms with Crippen molar-refractivity contribution in [2.45, 2.75) is 13.3 Å². The highest BCUT2D eigenvalue weighted by Crippen LogP contribution is 2.32. The lowest BCUT2D eigenvalue weighted by atomic mass is 10.0. The van der Waals surface area contributed by atoms with E-state index in [0.29, 0.717) is 40.2 Å². The van der Waals surface area contributed by atoms with Crippen LogP contribution in [0.3, 0.4) is 0 Å². The van der Waals surface area contributed by atoms with E-state index >= 15 is 0 Å². The third-order valence-electron chi connectivity index (χ3n) is 4.56. The number of H-pyrrole nitrogens is 1. The lowest BCUT2D eigenvalue weighted by molar-refractivity contribution is 0.0691. The maximum Gasteiger partial charge on any atom is 0.345 e. The normalized spacial score (nSPS) is 11.0. The van der Waals surface area contributed by atoms with Crippen LogP contribution in [0.15, 0.2) is 57.7 Å². The molecule has 2 aromatic carbocycles. The number of oxazole rings is 1. The molecule has 0 aliphatic heterocycles. The first kappa shape index (κ1) is 17.5. The molecule has 4 aromatic rings. The molecule has 4 rings (SSSR count). The van der Waals surface area contributed by atoms with Gasteiger partial charge in [0.25, 0.3) is 5.56 Å². The number of pyridine rings is 1. The number of aromatic hydroxyl groups is 1. The Hall–Kier alpha value is -3.87. The maximum absolute atomic E-state index is 12.2. The maximum atomic E-state index is 12.2. The number of hydrogen-bond donors (Lipinski definition) is 3. The first-order valence-electron chi connectivity index (χ1n) is 8.67. The number of nitrogens with one attached hydrogen (secondary N) is 1. The van der Waals surface area contributed by atoms with E-state index in [1.165, 1.54) is 0 Å². The van der Waals surface area contributed by atoms with Crippen LogP contribution in [0.1, 0.15) is 22.8 Å². The number of aromatic amines is 1. The van der Waals surface area contributed by atoms with Gasteiger partial charge >= 0.3 is 5.97 Å². The first-order chi connectivity index (χ1) is 13.5. The van der Waals surface area contributed by atoms with Crippen LogP contribution in [0.2, 0.25) is 0 Å². The van der Waals surface area contributed by atoms with Crippen LogP contribution in [0.4, 0.5) is 0 Å². The van der Waals surface area contributed by atoms with Crippen LogP contribution in [-0.4, -0.2) is 26.2 Å². The zero-order chi connectivity index (χ0) is 19.8. The van der Waals surface area contributed by atoms with Gasteiger partial charge in [-0.05, 0) is 30.7 Å². The molecule has 0 amide bonds. The lowest BCUT2D eigenvalue weighted by Crippen LogP contribution is -2.20. The molecule has 0 fully saturated rings. The van der Waals surface area contributed by atoms with Crippen LogP contribution < -0.4 is 5.56 Å². The summed E-state index contributed by atoms with van der Waals surface area (Å²) in [4.78, 5) is 30.5. The summed E-state index contributed by atoms with van der Waals surface area (Å²) in [6.07, 6.45) is 0.335. The minimum absolute atomic E-state index is 0.335. The number of hydrogen-bond acceptors (Lipinski definition) is 5. The second-order valence-corrected chi connectivity index (χ2v) is 6.26. The van der Waals surface area contributed by atoms with E-state index in [-0.39, 0.29) is 0 Å². The topological polar surface area (TPSA) is 116 Å². The second-order valence-electron chi connectivity index (χ2n) is 6.26. The number of rotatable bonds is 4. The molecule has 0 unspecified atom stereocenters. The molecule has 0 saturated carbocycles. The number of aromatic carboxylic acids is 1. The lowest BCUT2D eigenvalue weighted by Gasteiger charge is -2.11. The predicted molar refractivity (Wildman–Crippen MR) is 104 cm³/mol. The Balaban J connectivity index is 1.88. The Kier molecular flexibility index (Phi) is 4.19. The minimum Gasteiger partial charge on any atom is -0.506 e. The van der Waals surface area contributed by atoms with Crippen molar-refractivity contribution in [3.63, 3.8) is 0 Å². The zero-order valence-corrected chi connectivity index (χ0v) is 14.9. The van der Waals surface area contributed by atoms with Crippen molar-refractivity contribution in [3.8, 4) is 28.5 Å². The predicted octanol–water partition coefficient (Wildman–Crippen LogP) is 3.82. The SMILES string of the molecule is CCc1c(-c2ccc3nc(-c4ccccc4)oc3c2)[nH]c(=O)c(C(=O)O)c1O. The van der Waals surface area contributed by atoms with Crippen molar-refractivity contribution in [2.75, 3.05) is 0 Å². The smallest absolute Gasteiger partial charge is 0.345 e. The number of carbonyl (C=O) groups is 1. The minimum atomic E-state index is -1.47. The number of benzene rings is 2. The molecule has 2 aromatic heterocycles. The Morgan fingerprint density at radius 2 is 1.89 bits per heavy atom. The molecule has 0 aliphatic rings. The second kappa shape index (κ2) is 6.70.